The standard InChI is InChI=1S/C18H29NO/c1-4-13-5-7-14(8-6-13)19-10-9-15-16(19)11-18(2,3)12-17(15)20/h9-10,13-14,17,20H,4-8,11-12H2,1-3H3. The van der Waals surface area contributed by atoms with E-state index >= 15 is 0 Å². The van der Waals surface area contributed by atoms with Crippen LogP contribution in [0.15, 0.2) is 12.3 Å². The first-order chi connectivity index (χ1) is 9.50. The third-order valence-corrected chi connectivity index (χ3v) is 5.60. The maximum atomic E-state index is 10.4. The molecular weight excluding hydrogens is 246 g/mol. The lowest BCUT2D eigenvalue weighted by molar-refractivity contribution is 0.0967. The average Bonchev–Trinajstić information content (AvgIpc) is 2.81. The molecule has 1 saturated carbocycles. The van der Waals surface area contributed by atoms with Crippen LogP contribution in [0.4, 0.5) is 0 Å². The second-order valence-electron chi connectivity index (χ2n) is 7.77. The fourth-order valence-electron chi connectivity index (χ4n) is 4.32. The van der Waals surface area contributed by atoms with Crippen molar-refractivity contribution in [2.75, 3.05) is 0 Å². The monoisotopic (exact) mass is 275 g/mol. The van der Waals surface area contributed by atoms with Crippen LogP contribution in [0.3, 0.4) is 0 Å². The van der Waals surface area contributed by atoms with Gasteiger partial charge in [0.25, 0.3) is 0 Å². The van der Waals surface area contributed by atoms with Crippen molar-refractivity contribution in [2.24, 2.45) is 11.3 Å². The van der Waals surface area contributed by atoms with Gasteiger partial charge in [-0.15, -0.1) is 0 Å². The van der Waals surface area contributed by atoms with Crippen molar-refractivity contribution in [3.8, 4) is 0 Å². The Morgan fingerprint density at radius 3 is 2.60 bits per heavy atom. The summed E-state index contributed by atoms with van der Waals surface area (Å²) in [4.78, 5) is 0. The molecule has 2 aliphatic carbocycles. The van der Waals surface area contributed by atoms with Crippen LogP contribution in [0.2, 0.25) is 0 Å². The molecule has 1 aromatic heterocycles. The number of fused-ring (bicyclic) bond motifs is 1. The molecule has 0 aliphatic heterocycles. The van der Waals surface area contributed by atoms with Gasteiger partial charge in [0.2, 0.25) is 0 Å². The van der Waals surface area contributed by atoms with Crippen LogP contribution in [-0.2, 0) is 6.42 Å². The predicted octanol–water partition coefficient (Wildman–Crippen LogP) is 4.64. The highest BCUT2D eigenvalue weighted by molar-refractivity contribution is 5.29. The normalized spacial score (nSPS) is 32.9. The number of rotatable bonds is 2. The molecule has 2 heteroatoms. The Labute approximate surface area is 123 Å². The highest BCUT2D eigenvalue weighted by atomic mass is 16.3. The summed E-state index contributed by atoms with van der Waals surface area (Å²) >= 11 is 0. The molecule has 1 aromatic rings. The van der Waals surface area contributed by atoms with Gasteiger partial charge in [0.15, 0.2) is 0 Å². The Morgan fingerprint density at radius 1 is 1.25 bits per heavy atom. The van der Waals surface area contributed by atoms with Crippen LogP contribution in [0.25, 0.3) is 0 Å². The van der Waals surface area contributed by atoms with Crippen molar-refractivity contribution in [1.82, 2.24) is 4.57 Å². The van der Waals surface area contributed by atoms with Gasteiger partial charge in [0.1, 0.15) is 0 Å². The summed E-state index contributed by atoms with van der Waals surface area (Å²) in [5.41, 5.74) is 2.83. The van der Waals surface area contributed by atoms with E-state index < -0.39 is 0 Å². The van der Waals surface area contributed by atoms with Crippen molar-refractivity contribution in [3.05, 3.63) is 23.5 Å². The minimum Gasteiger partial charge on any atom is -0.388 e. The summed E-state index contributed by atoms with van der Waals surface area (Å²) in [6, 6.07) is 2.84. The van der Waals surface area contributed by atoms with Crippen molar-refractivity contribution < 1.29 is 5.11 Å². The zero-order valence-corrected chi connectivity index (χ0v) is 13.2. The largest absolute Gasteiger partial charge is 0.388 e. The molecule has 0 radical (unpaired) electrons. The van der Waals surface area contributed by atoms with E-state index in [1.54, 1.807) is 0 Å². The van der Waals surface area contributed by atoms with Crippen LogP contribution >= 0.6 is 0 Å². The maximum absolute atomic E-state index is 10.4. The van der Waals surface area contributed by atoms with E-state index in [1.807, 2.05) is 0 Å². The quantitative estimate of drug-likeness (QED) is 0.836. The first kappa shape index (κ1) is 14.2. The zero-order chi connectivity index (χ0) is 14.3. The number of hydrogen-bond acceptors (Lipinski definition) is 1. The number of nitrogens with zero attached hydrogens (tertiary/aromatic N) is 1. The summed E-state index contributed by atoms with van der Waals surface area (Å²) in [7, 11) is 0. The van der Waals surface area contributed by atoms with Gasteiger partial charge in [-0.2, -0.15) is 0 Å². The number of aliphatic hydroxyl groups is 1. The molecule has 3 rings (SSSR count). The second kappa shape index (κ2) is 5.22. The van der Waals surface area contributed by atoms with Gasteiger partial charge >= 0.3 is 0 Å². The highest BCUT2D eigenvalue weighted by Gasteiger charge is 2.34. The van der Waals surface area contributed by atoms with Crippen molar-refractivity contribution >= 4 is 0 Å². The van der Waals surface area contributed by atoms with E-state index in [4.69, 9.17) is 0 Å². The Hall–Kier alpha value is -0.760. The molecule has 0 spiro atoms. The smallest absolute Gasteiger partial charge is 0.0812 e. The molecule has 1 unspecified atom stereocenters. The Balaban J connectivity index is 1.83. The lowest BCUT2D eigenvalue weighted by Gasteiger charge is -2.36. The maximum Gasteiger partial charge on any atom is 0.0812 e. The first-order valence-electron chi connectivity index (χ1n) is 8.38. The fourth-order valence-corrected chi connectivity index (χ4v) is 4.32. The summed E-state index contributed by atoms with van der Waals surface area (Å²) in [5, 5.41) is 10.4. The molecule has 0 bridgehead atoms. The fraction of sp³-hybridized carbons (Fsp3) is 0.778. The highest BCUT2D eigenvalue weighted by Crippen LogP contribution is 2.43. The van der Waals surface area contributed by atoms with Crippen molar-refractivity contribution in [2.45, 2.75) is 77.9 Å². The lowest BCUT2D eigenvalue weighted by Crippen LogP contribution is -2.28. The first-order valence-corrected chi connectivity index (χ1v) is 8.38. The third-order valence-electron chi connectivity index (χ3n) is 5.60. The number of aromatic nitrogens is 1. The molecule has 0 amide bonds. The van der Waals surface area contributed by atoms with Gasteiger partial charge in [-0.05, 0) is 55.9 Å². The van der Waals surface area contributed by atoms with Gasteiger partial charge < -0.3 is 9.67 Å². The molecule has 112 valence electrons. The average molecular weight is 275 g/mol. The molecule has 20 heavy (non-hydrogen) atoms. The number of aliphatic hydroxyl groups excluding tert-OH is 1. The van der Waals surface area contributed by atoms with E-state index in [0.717, 1.165) is 18.8 Å². The molecule has 0 saturated heterocycles. The Kier molecular flexibility index (Phi) is 3.70. The van der Waals surface area contributed by atoms with E-state index in [1.165, 1.54) is 43.4 Å². The van der Waals surface area contributed by atoms with Gasteiger partial charge in [0.05, 0.1) is 6.10 Å². The zero-order valence-electron chi connectivity index (χ0n) is 13.2. The Morgan fingerprint density at radius 2 is 1.95 bits per heavy atom. The summed E-state index contributed by atoms with van der Waals surface area (Å²) in [6.45, 7) is 6.89. The Bertz CT molecular complexity index is 466. The molecule has 1 heterocycles. The van der Waals surface area contributed by atoms with E-state index in [9.17, 15) is 5.11 Å². The van der Waals surface area contributed by atoms with Gasteiger partial charge in [0, 0.05) is 23.5 Å². The molecule has 1 atom stereocenters. The lowest BCUT2D eigenvalue weighted by atomic mass is 9.75. The van der Waals surface area contributed by atoms with Gasteiger partial charge in [-0.1, -0.05) is 27.2 Å². The van der Waals surface area contributed by atoms with Crippen LogP contribution < -0.4 is 0 Å². The summed E-state index contributed by atoms with van der Waals surface area (Å²) in [6.07, 6.45) is 10.7. The van der Waals surface area contributed by atoms with Crippen molar-refractivity contribution in [1.29, 1.82) is 0 Å². The minimum atomic E-state index is -0.262. The summed E-state index contributed by atoms with van der Waals surface area (Å²) < 4.78 is 2.51. The molecule has 2 nitrogen and oxygen atoms in total. The van der Waals surface area contributed by atoms with Crippen LogP contribution in [-0.4, -0.2) is 9.67 Å². The SMILES string of the molecule is CCC1CCC(n2ccc3c2CC(C)(C)CC3O)CC1. The molecule has 1 fully saturated rings. The molecule has 0 aromatic carbocycles. The number of hydrogen-bond donors (Lipinski definition) is 1. The topological polar surface area (TPSA) is 25.2 Å². The van der Waals surface area contributed by atoms with E-state index in [2.05, 4.69) is 37.6 Å². The van der Waals surface area contributed by atoms with Crippen LogP contribution in [0.5, 0.6) is 0 Å². The van der Waals surface area contributed by atoms with Crippen LogP contribution in [0, 0.1) is 11.3 Å². The van der Waals surface area contributed by atoms with E-state index in [-0.39, 0.29) is 11.5 Å². The second-order valence-corrected chi connectivity index (χ2v) is 7.77. The van der Waals surface area contributed by atoms with Gasteiger partial charge in [-0.25, -0.2) is 0 Å². The van der Waals surface area contributed by atoms with Crippen molar-refractivity contribution in [3.63, 3.8) is 0 Å². The van der Waals surface area contributed by atoms with Gasteiger partial charge in [-0.3, -0.25) is 0 Å². The molecule has 1 N–H and O–H groups in total. The third kappa shape index (κ3) is 2.55. The predicted molar refractivity (Wildman–Crippen MR) is 82.8 cm³/mol. The summed E-state index contributed by atoms with van der Waals surface area (Å²) in [5.74, 6) is 0.944. The minimum absolute atomic E-state index is 0.225. The van der Waals surface area contributed by atoms with E-state index in [0.29, 0.717) is 6.04 Å². The van der Waals surface area contributed by atoms with Crippen LogP contribution in [0.1, 0.15) is 82.7 Å². The molecular formula is C18H29NO. The molecule has 2 aliphatic rings.